The first kappa shape index (κ1) is 22.3. The number of aromatic nitrogens is 2. The van der Waals surface area contributed by atoms with Crippen molar-refractivity contribution in [3.8, 4) is 5.69 Å². The molecule has 7 nitrogen and oxygen atoms in total. The first-order chi connectivity index (χ1) is 15.6. The largest absolute Gasteiger partial charge is 0.418 e. The summed E-state index contributed by atoms with van der Waals surface area (Å²) in [4.78, 5) is 35.6. The van der Waals surface area contributed by atoms with E-state index in [0.717, 1.165) is 34.5 Å². The number of fused-ring (bicyclic) bond motifs is 1. The number of nitro groups is 1. The van der Waals surface area contributed by atoms with E-state index in [-0.39, 0.29) is 17.4 Å². The number of hydrogen-bond donors (Lipinski definition) is 0. The molecule has 0 radical (unpaired) electrons. The van der Waals surface area contributed by atoms with E-state index in [1.165, 1.54) is 16.8 Å². The Morgan fingerprint density at radius 3 is 2.30 bits per heavy atom. The van der Waals surface area contributed by atoms with Gasteiger partial charge in [-0.25, -0.2) is 0 Å². The molecule has 0 aliphatic rings. The standard InChI is InChI=1S/C22H13ClF3N3O4/c23-14-3-1-13(2-4-14)12-27-9-7-18-20(21(27)31)19(30)8-10-28(18)17-6-5-15(29(32)33)11-16(17)22(24,25)26/h1-11H,12H2. The van der Waals surface area contributed by atoms with Crippen molar-refractivity contribution in [2.45, 2.75) is 12.7 Å². The van der Waals surface area contributed by atoms with E-state index >= 15 is 0 Å². The highest BCUT2D eigenvalue weighted by molar-refractivity contribution is 6.30. The molecule has 0 fully saturated rings. The summed E-state index contributed by atoms with van der Waals surface area (Å²) in [5, 5.41) is 11.2. The number of halogens is 4. The number of pyridine rings is 2. The average Bonchev–Trinajstić information content (AvgIpc) is 2.76. The van der Waals surface area contributed by atoms with Gasteiger partial charge >= 0.3 is 6.18 Å². The maximum Gasteiger partial charge on any atom is 0.418 e. The van der Waals surface area contributed by atoms with Gasteiger partial charge in [0, 0.05) is 35.6 Å². The number of benzene rings is 2. The van der Waals surface area contributed by atoms with E-state index in [9.17, 15) is 32.9 Å². The van der Waals surface area contributed by atoms with Crippen molar-refractivity contribution < 1.29 is 18.1 Å². The van der Waals surface area contributed by atoms with Gasteiger partial charge in [-0.3, -0.25) is 19.7 Å². The van der Waals surface area contributed by atoms with E-state index in [1.807, 2.05) is 0 Å². The van der Waals surface area contributed by atoms with Crippen molar-refractivity contribution in [3.05, 3.63) is 114 Å². The van der Waals surface area contributed by atoms with Gasteiger partial charge in [0.1, 0.15) is 5.39 Å². The Hall–Kier alpha value is -3.92. The number of hydrogen-bond acceptors (Lipinski definition) is 4. The first-order valence-corrected chi connectivity index (χ1v) is 9.79. The summed E-state index contributed by atoms with van der Waals surface area (Å²) in [5.74, 6) is 0. The van der Waals surface area contributed by atoms with Crippen LogP contribution in [0.25, 0.3) is 16.6 Å². The Labute approximate surface area is 188 Å². The van der Waals surface area contributed by atoms with Crippen LogP contribution in [0, 0.1) is 10.1 Å². The number of rotatable bonds is 4. The van der Waals surface area contributed by atoms with Crippen molar-refractivity contribution in [2.75, 3.05) is 0 Å². The quantitative estimate of drug-likeness (QED) is 0.314. The summed E-state index contributed by atoms with van der Waals surface area (Å²) in [6.07, 6.45) is -2.45. The minimum absolute atomic E-state index is 0.0563. The molecular weight excluding hydrogens is 463 g/mol. The molecule has 0 saturated carbocycles. The highest BCUT2D eigenvalue weighted by atomic mass is 35.5. The lowest BCUT2D eigenvalue weighted by Crippen LogP contribution is -2.26. The van der Waals surface area contributed by atoms with Crippen LogP contribution in [0.2, 0.25) is 5.02 Å². The van der Waals surface area contributed by atoms with Crippen LogP contribution >= 0.6 is 11.6 Å². The molecular formula is C22H13ClF3N3O4. The third-order valence-corrected chi connectivity index (χ3v) is 5.30. The number of nitro benzene ring substituents is 1. The molecule has 2 aromatic carbocycles. The van der Waals surface area contributed by atoms with Crippen LogP contribution in [0.3, 0.4) is 0 Å². The average molecular weight is 476 g/mol. The van der Waals surface area contributed by atoms with E-state index < -0.39 is 39.0 Å². The fourth-order valence-corrected chi connectivity index (χ4v) is 3.62. The van der Waals surface area contributed by atoms with E-state index in [4.69, 9.17) is 11.6 Å². The zero-order valence-corrected chi connectivity index (χ0v) is 17.3. The minimum Gasteiger partial charge on any atom is -0.315 e. The highest BCUT2D eigenvalue weighted by Crippen LogP contribution is 2.36. The van der Waals surface area contributed by atoms with Crippen LogP contribution < -0.4 is 11.0 Å². The molecule has 0 N–H and O–H groups in total. The molecule has 0 unspecified atom stereocenters. The first-order valence-electron chi connectivity index (χ1n) is 9.41. The van der Waals surface area contributed by atoms with Gasteiger partial charge in [0.05, 0.1) is 28.2 Å². The van der Waals surface area contributed by atoms with E-state index in [2.05, 4.69) is 0 Å². The summed E-state index contributed by atoms with van der Waals surface area (Å²) in [6, 6.07) is 11.3. The lowest BCUT2D eigenvalue weighted by molar-refractivity contribution is -0.385. The molecule has 11 heteroatoms. The van der Waals surface area contributed by atoms with Gasteiger partial charge < -0.3 is 9.13 Å². The van der Waals surface area contributed by atoms with E-state index in [1.54, 1.807) is 24.3 Å². The number of non-ortho nitro benzene ring substituents is 1. The predicted octanol–water partition coefficient (Wildman–Crippen LogP) is 4.78. The van der Waals surface area contributed by atoms with Crippen LogP contribution in [0.15, 0.2) is 76.6 Å². The zero-order valence-electron chi connectivity index (χ0n) is 16.5. The number of alkyl halides is 3. The Morgan fingerprint density at radius 1 is 0.970 bits per heavy atom. The third kappa shape index (κ3) is 4.24. The lowest BCUT2D eigenvalue weighted by Gasteiger charge is -2.17. The monoisotopic (exact) mass is 475 g/mol. The molecule has 33 heavy (non-hydrogen) atoms. The molecule has 0 aliphatic heterocycles. The summed E-state index contributed by atoms with van der Waals surface area (Å²) in [6.45, 7) is 0.117. The molecule has 2 heterocycles. The molecule has 0 spiro atoms. The Bertz CT molecular complexity index is 1510. The van der Waals surface area contributed by atoms with Crippen LogP contribution in [0.1, 0.15) is 11.1 Å². The smallest absolute Gasteiger partial charge is 0.315 e. The number of nitrogens with zero attached hydrogens (tertiary/aromatic N) is 3. The maximum atomic E-state index is 13.7. The van der Waals surface area contributed by atoms with Gasteiger partial charge in [0.15, 0.2) is 5.43 Å². The lowest BCUT2D eigenvalue weighted by atomic mass is 10.1. The fourth-order valence-electron chi connectivity index (χ4n) is 3.50. The Morgan fingerprint density at radius 2 is 1.67 bits per heavy atom. The minimum atomic E-state index is -4.92. The fraction of sp³-hybridized carbons (Fsp3) is 0.0909. The van der Waals surface area contributed by atoms with Gasteiger partial charge in [-0.15, -0.1) is 0 Å². The van der Waals surface area contributed by atoms with Gasteiger partial charge in [0.25, 0.3) is 11.2 Å². The molecule has 4 aromatic rings. The van der Waals surface area contributed by atoms with Gasteiger partial charge in [-0.1, -0.05) is 23.7 Å². The summed E-state index contributed by atoms with van der Waals surface area (Å²) in [5.41, 5.74) is -3.13. The van der Waals surface area contributed by atoms with Crippen LogP contribution in [-0.4, -0.2) is 14.1 Å². The summed E-state index contributed by atoms with van der Waals surface area (Å²) in [7, 11) is 0. The Kier molecular flexibility index (Phi) is 5.54. The highest BCUT2D eigenvalue weighted by Gasteiger charge is 2.36. The topological polar surface area (TPSA) is 87.1 Å². The van der Waals surface area contributed by atoms with E-state index in [0.29, 0.717) is 11.1 Å². The summed E-state index contributed by atoms with van der Waals surface area (Å²) < 4.78 is 43.4. The van der Waals surface area contributed by atoms with Crippen LogP contribution in [-0.2, 0) is 12.7 Å². The SMILES string of the molecule is O=c1ccn(-c2ccc([N+](=O)[O-])cc2C(F)(F)F)c2ccn(Cc3ccc(Cl)cc3)c(=O)c12. The molecule has 0 saturated heterocycles. The molecule has 0 bridgehead atoms. The zero-order chi connectivity index (χ0) is 23.9. The van der Waals surface area contributed by atoms with Crippen LogP contribution in [0.5, 0.6) is 0 Å². The van der Waals surface area contributed by atoms with Gasteiger partial charge in [-0.2, -0.15) is 13.2 Å². The molecule has 0 atom stereocenters. The normalized spacial score (nSPS) is 11.6. The second-order valence-electron chi connectivity index (χ2n) is 7.14. The van der Waals surface area contributed by atoms with Gasteiger partial charge in [-0.05, 0) is 29.8 Å². The van der Waals surface area contributed by atoms with Crippen LogP contribution in [0.4, 0.5) is 18.9 Å². The summed E-state index contributed by atoms with van der Waals surface area (Å²) >= 11 is 5.86. The van der Waals surface area contributed by atoms with Crippen molar-refractivity contribution >= 4 is 28.2 Å². The second kappa shape index (κ2) is 8.21. The molecule has 168 valence electrons. The van der Waals surface area contributed by atoms with Crippen molar-refractivity contribution in [3.63, 3.8) is 0 Å². The predicted molar refractivity (Wildman–Crippen MR) is 116 cm³/mol. The van der Waals surface area contributed by atoms with Gasteiger partial charge in [0.2, 0.25) is 0 Å². The molecule has 4 rings (SSSR count). The van der Waals surface area contributed by atoms with Crippen molar-refractivity contribution in [1.29, 1.82) is 0 Å². The maximum absolute atomic E-state index is 13.7. The van der Waals surface area contributed by atoms with Crippen molar-refractivity contribution in [1.82, 2.24) is 9.13 Å². The Balaban J connectivity index is 1.93. The van der Waals surface area contributed by atoms with Crippen molar-refractivity contribution in [2.24, 2.45) is 0 Å². The molecule has 2 aromatic heterocycles. The third-order valence-electron chi connectivity index (χ3n) is 5.05. The second-order valence-corrected chi connectivity index (χ2v) is 7.58. The molecule has 0 aliphatic carbocycles. The molecule has 0 amide bonds.